The van der Waals surface area contributed by atoms with E-state index in [0.29, 0.717) is 25.3 Å². The third-order valence-electron chi connectivity index (χ3n) is 2.39. The Balaban J connectivity index is 2.78. The summed E-state index contributed by atoms with van der Waals surface area (Å²) in [6, 6.07) is 4.42. The first-order valence-corrected chi connectivity index (χ1v) is 8.17. The van der Waals surface area contributed by atoms with Crippen LogP contribution >= 0.6 is 11.6 Å². The van der Waals surface area contributed by atoms with Gasteiger partial charge in [0.2, 0.25) is 10.0 Å². The van der Waals surface area contributed by atoms with Crippen LogP contribution in [0.25, 0.3) is 0 Å². The maximum atomic E-state index is 12.0. The van der Waals surface area contributed by atoms with Crippen molar-refractivity contribution in [2.75, 3.05) is 20.3 Å². The third kappa shape index (κ3) is 5.28. The summed E-state index contributed by atoms with van der Waals surface area (Å²) >= 11 is 6.03. The van der Waals surface area contributed by atoms with E-state index in [9.17, 15) is 8.42 Å². The molecule has 114 valence electrons. The Kier molecular flexibility index (Phi) is 6.75. The fourth-order valence-electron chi connectivity index (χ4n) is 1.50. The molecule has 0 bridgehead atoms. The van der Waals surface area contributed by atoms with Gasteiger partial charge in [0.15, 0.2) is 0 Å². The van der Waals surface area contributed by atoms with Crippen LogP contribution in [-0.2, 0) is 14.8 Å². The molecule has 0 amide bonds. The van der Waals surface area contributed by atoms with Gasteiger partial charge in [-0.2, -0.15) is 0 Å². The zero-order valence-electron chi connectivity index (χ0n) is 11.8. The van der Waals surface area contributed by atoms with Crippen molar-refractivity contribution < 1.29 is 17.9 Å². The minimum absolute atomic E-state index is 0.0258. The van der Waals surface area contributed by atoms with Gasteiger partial charge in [-0.15, -0.1) is 0 Å². The minimum atomic E-state index is -3.55. The topological polar surface area (TPSA) is 64.6 Å². The van der Waals surface area contributed by atoms with Crippen LogP contribution < -0.4 is 9.46 Å². The van der Waals surface area contributed by atoms with E-state index in [0.717, 1.165) is 0 Å². The van der Waals surface area contributed by atoms with Crippen molar-refractivity contribution in [1.29, 1.82) is 0 Å². The second-order valence-corrected chi connectivity index (χ2v) is 6.68. The Morgan fingerprint density at radius 2 is 2.05 bits per heavy atom. The molecule has 0 spiro atoms. The molecule has 7 heteroatoms. The first-order valence-electron chi connectivity index (χ1n) is 6.31. The van der Waals surface area contributed by atoms with E-state index in [1.807, 2.05) is 13.8 Å². The molecule has 1 N–H and O–H groups in total. The monoisotopic (exact) mass is 321 g/mol. The normalized spacial score (nSPS) is 11.8. The summed E-state index contributed by atoms with van der Waals surface area (Å²) in [7, 11) is -1.98. The summed E-state index contributed by atoms with van der Waals surface area (Å²) in [6.45, 7) is 4.57. The van der Waals surface area contributed by atoms with Crippen LogP contribution in [-0.4, -0.2) is 34.8 Å². The van der Waals surface area contributed by atoms with Crippen LogP contribution in [0.3, 0.4) is 0 Å². The maximum absolute atomic E-state index is 12.0. The van der Waals surface area contributed by atoms with Gasteiger partial charge in [-0.05, 0) is 38.5 Å². The van der Waals surface area contributed by atoms with Crippen LogP contribution in [0.15, 0.2) is 23.1 Å². The molecule has 0 aliphatic heterocycles. The van der Waals surface area contributed by atoms with E-state index >= 15 is 0 Å². The highest BCUT2D eigenvalue weighted by Crippen LogP contribution is 2.28. The summed E-state index contributed by atoms with van der Waals surface area (Å²) in [5.74, 6) is 0.472. The zero-order chi connectivity index (χ0) is 15.2. The Morgan fingerprint density at radius 3 is 2.60 bits per heavy atom. The number of benzene rings is 1. The molecule has 1 aromatic carbocycles. The lowest BCUT2D eigenvalue weighted by Gasteiger charge is -2.12. The fraction of sp³-hybridized carbons (Fsp3) is 0.538. The molecule has 0 aromatic heterocycles. The van der Waals surface area contributed by atoms with Gasteiger partial charge in [0.25, 0.3) is 0 Å². The van der Waals surface area contributed by atoms with E-state index in [4.69, 9.17) is 21.1 Å². The zero-order valence-corrected chi connectivity index (χ0v) is 13.4. The number of sulfonamides is 1. The Hall–Kier alpha value is -0.820. The quantitative estimate of drug-likeness (QED) is 0.747. The molecular weight excluding hydrogens is 302 g/mol. The maximum Gasteiger partial charge on any atom is 0.240 e. The van der Waals surface area contributed by atoms with Crippen molar-refractivity contribution in [3.05, 3.63) is 23.2 Å². The van der Waals surface area contributed by atoms with Gasteiger partial charge in [-0.3, -0.25) is 0 Å². The molecule has 0 atom stereocenters. The fourth-order valence-corrected chi connectivity index (χ4v) is 2.89. The predicted octanol–water partition coefficient (Wildman–Crippen LogP) is 2.44. The van der Waals surface area contributed by atoms with Crippen LogP contribution in [0.1, 0.15) is 20.3 Å². The molecule has 0 heterocycles. The largest absolute Gasteiger partial charge is 0.489 e. The number of ether oxygens (including phenoxy) is 2. The molecule has 0 unspecified atom stereocenters. The van der Waals surface area contributed by atoms with Gasteiger partial charge in [0, 0.05) is 20.3 Å². The first kappa shape index (κ1) is 17.2. The average molecular weight is 322 g/mol. The van der Waals surface area contributed by atoms with Gasteiger partial charge in [-0.1, -0.05) is 11.6 Å². The molecule has 0 fully saturated rings. The molecule has 20 heavy (non-hydrogen) atoms. The second kappa shape index (κ2) is 7.83. The van der Waals surface area contributed by atoms with E-state index in [-0.39, 0.29) is 16.0 Å². The highest BCUT2D eigenvalue weighted by Gasteiger charge is 2.15. The lowest BCUT2D eigenvalue weighted by Crippen LogP contribution is -2.25. The standard InChI is InChI=1S/C13H20ClNO4S/c1-10(2)19-13-6-5-11(9-12(13)14)20(16,17)15-7-4-8-18-3/h5-6,9-10,15H,4,7-8H2,1-3H3. The predicted molar refractivity (Wildman–Crippen MR) is 78.9 cm³/mol. The number of rotatable bonds is 8. The molecule has 0 radical (unpaired) electrons. The van der Waals surface area contributed by atoms with Crippen molar-refractivity contribution in [3.8, 4) is 5.75 Å². The number of nitrogens with one attached hydrogen (secondary N) is 1. The molecule has 1 rings (SSSR count). The highest BCUT2D eigenvalue weighted by molar-refractivity contribution is 7.89. The number of methoxy groups -OCH3 is 1. The summed E-state index contributed by atoms with van der Waals surface area (Å²) in [5, 5.41) is 0.276. The van der Waals surface area contributed by atoms with Gasteiger partial charge in [-0.25, -0.2) is 13.1 Å². The van der Waals surface area contributed by atoms with Gasteiger partial charge >= 0.3 is 0 Å². The molecule has 0 saturated heterocycles. The summed E-state index contributed by atoms with van der Waals surface area (Å²) in [4.78, 5) is 0.121. The van der Waals surface area contributed by atoms with Crippen molar-refractivity contribution in [2.24, 2.45) is 0 Å². The van der Waals surface area contributed by atoms with E-state index in [1.54, 1.807) is 13.2 Å². The van der Waals surface area contributed by atoms with Crippen LogP contribution in [0.2, 0.25) is 5.02 Å². The smallest absolute Gasteiger partial charge is 0.240 e. The molecule has 0 aliphatic carbocycles. The second-order valence-electron chi connectivity index (χ2n) is 4.50. The van der Waals surface area contributed by atoms with Crippen molar-refractivity contribution in [3.63, 3.8) is 0 Å². The summed E-state index contributed by atoms with van der Waals surface area (Å²) < 4.78 is 36.9. The van der Waals surface area contributed by atoms with E-state index < -0.39 is 10.0 Å². The lowest BCUT2D eigenvalue weighted by molar-refractivity contribution is 0.196. The van der Waals surface area contributed by atoms with Crippen molar-refractivity contribution in [1.82, 2.24) is 4.72 Å². The highest BCUT2D eigenvalue weighted by atomic mass is 35.5. The van der Waals surface area contributed by atoms with Crippen molar-refractivity contribution >= 4 is 21.6 Å². The Bertz CT molecular complexity index is 531. The number of hydrogen-bond donors (Lipinski definition) is 1. The Morgan fingerprint density at radius 1 is 1.35 bits per heavy atom. The number of hydrogen-bond acceptors (Lipinski definition) is 4. The average Bonchev–Trinajstić information content (AvgIpc) is 2.36. The van der Waals surface area contributed by atoms with Gasteiger partial charge < -0.3 is 9.47 Å². The van der Waals surface area contributed by atoms with Crippen LogP contribution in [0, 0.1) is 0 Å². The third-order valence-corrected chi connectivity index (χ3v) is 4.15. The van der Waals surface area contributed by atoms with Gasteiger partial charge in [0.1, 0.15) is 5.75 Å². The first-order chi connectivity index (χ1) is 9.36. The molecular formula is C13H20ClNO4S. The molecule has 0 aliphatic rings. The molecule has 5 nitrogen and oxygen atoms in total. The summed E-state index contributed by atoms with van der Waals surface area (Å²) in [5.41, 5.74) is 0. The minimum Gasteiger partial charge on any atom is -0.489 e. The van der Waals surface area contributed by atoms with Gasteiger partial charge in [0.05, 0.1) is 16.0 Å². The molecule has 0 saturated carbocycles. The van der Waals surface area contributed by atoms with Crippen LogP contribution in [0.4, 0.5) is 0 Å². The lowest BCUT2D eigenvalue weighted by atomic mass is 10.3. The van der Waals surface area contributed by atoms with Crippen molar-refractivity contribution in [2.45, 2.75) is 31.3 Å². The Labute approximate surface area is 125 Å². The van der Waals surface area contributed by atoms with Crippen LogP contribution in [0.5, 0.6) is 5.75 Å². The van der Waals surface area contributed by atoms with E-state index in [1.165, 1.54) is 12.1 Å². The number of halogens is 1. The molecule has 1 aromatic rings. The SMILES string of the molecule is COCCCNS(=O)(=O)c1ccc(OC(C)C)c(Cl)c1. The van der Waals surface area contributed by atoms with E-state index in [2.05, 4.69) is 4.72 Å². The summed E-state index contributed by atoms with van der Waals surface area (Å²) in [6.07, 6.45) is 0.583.